The second-order valence-corrected chi connectivity index (χ2v) is 4.12. The van der Waals surface area contributed by atoms with Crippen molar-refractivity contribution in [3.8, 4) is 0 Å². The molecule has 0 aliphatic carbocycles. The lowest BCUT2D eigenvalue weighted by Gasteiger charge is -2.37. The van der Waals surface area contributed by atoms with Crippen LogP contribution in [-0.4, -0.2) is 29.4 Å². The summed E-state index contributed by atoms with van der Waals surface area (Å²) >= 11 is 0. The predicted octanol–water partition coefficient (Wildman–Crippen LogP) is 0.621. The molecule has 14 heavy (non-hydrogen) atoms. The molecule has 0 bridgehead atoms. The van der Waals surface area contributed by atoms with Crippen LogP contribution in [0.3, 0.4) is 0 Å². The number of hydrogen-bond donors (Lipinski definition) is 3. The quantitative estimate of drug-likeness (QED) is 0.446. The Bertz CT molecular complexity index is 231. The maximum Gasteiger partial charge on any atom is 0.350 e. The van der Waals surface area contributed by atoms with Crippen LogP contribution in [0.5, 0.6) is 0 Å². The number of nitrogens with one attached hydrogen (secondary N) is 1. The van der Waals surface area contributed by atoms with E-state index >= 15 is 0 Å². The molecule has 0 saturated carbocycles. The van der Waals surface area contributed by atoms with E-state index in [0.717, 1.165) is 0 Å². The summed E-state index contributed by atoms with van der Waals surface area (Å²) in [6.45, 7) is 6.82. The minimum atomic E-state index is -0.976. The average Bonchev–Trinajstić information content (AvgIpc) is 1.99. The summed E-state index contributed by atoms with van der Waals surface area (Å²) in [5.41, 5.74) is 3.54. The van der Waals surface area contributed by atoms with Gasteiger partial charge >= 0.3 is 7.48 Å². The van der Waals surface area contributed by atoms with Crippen LogP contribution in [0.15, 0.2) is 12.3 Å². The molecule has 5 heteroatoms. The fourth-order valence-corrected chi connectivity index (χ4v) is 0.498. The predicted molar refractivity (Wildman–Crippen MR) is 58.3 cm³/mol. The van der Waals surface area contributed by atoms with Crippen LogP contribution in [0.2, 0.25) is 0 Å². The normalized spacial score (nSPS) is 13.2. The lowest BCUT2D eigenvalue weighted by atomic mass is 9.84. The minimum Gasteiger partial charge on any atom is -0.425 e. The Morgan fingerprint density at radius 1 is 1.43 bits per heavy atom. The molecular formula is C9H18BN2O2. The number of nitrogens with two attached hydrogens (primary N) is 1. The highest BCUT2D eigenvalue weighted by atomic mass is 16.5. The zero-order valence-electron chi connectivity index (χ0n) is 9.16. The van der Waals surface area contributed by atoms with Crippen LogP contribution < -0.4 is 5.73 Å². The lowest BCUT2D eigenvalue weighted by molar-refractivity contribution is -0.0890. The van der Waals surface area contributed by atoms with Crippen LogP contribution in [0, 0.1) is 5.41 Å². The van der Waals surface area contributed by atoms with Crippen molar-refractivity contribution in [2.45, 2.75) is 38.9 Å². The highest BCUT2D eigenvalue weighted by Gasteiger charge is 2.35. The maximum absolute atomic E-state index is 9.73. The molecule has 0 heterocycles. The first-order valence-electron chi connectivity index (χ1n) is 4.41. The van der Waals surface area contributed by atoms with E-state index in [1.165, 1.54) is 19.8 Å². The van der Waals surface area contributed by atoms with Gasteiger partial charge < -0.3 is 20.9 Å². The average molecular weight is 197 g/mol. The van der Waals surface area contributed by atoms with E-state index < -0.39 is 11.2 Å². The molecule has 79 valence electrons. The van der Waals surface area contributed by atoms with Crippen molar-refractivity contribution in [1.29, 1.82) is 5.41 Å². The molecule has 0 rings (SSSR count). The number of allylic oxidation sites excluding steroid dienone is 1. The maximum atomic E-state index is 9.73. The van der Waals surface area contributed by atoms with E-state index in [-0.39, 0.29) is 5.61 Å². The van der Waals surface area contributed by atoms with Crippen LogP contribution in [0.4, 0.5) is 0 Å². The Morgan fingerprint density at radius 3 is 2.29 bits per heavy atom. The first-order chi connectivity index (χ1) is 6.20. The zero-order chi connectivity index (χ0) is 11.4. The molecule has 0 aliphatic heterocycles. The minimum absolute atomic E-state index is 0.157. The zero-order valence-corrected chi connectivity index (χ0v) is 9.16. The van der Waals surface area contributed by atoms with Crippen molar-refractivity contribution >= 4 is 13.1 Å². The van der Waals surface area contributed by atoms with Gasteiger partial charge in [0, 0.05) is 5.61 Å². The molecule has 0 amide bonds. The Morgan fingerprint density at radius 2 is 1.93 bits per heavy atom. The third-order valence-electron chi connectivity index (χ3n) is 2.23. The van der Waals surface area contributed by atoms with E-state index in [0.29, 0.717) is 0 Å². The van der Waals surface area contributed by atoms with E-state index in [4.69, 9.17) is 15.8 Å². The van der Waals surface area contributed by atoms with Gasteiger partial charge in [-0.15, -0.1) is 0 Å². The van der Waals surface area contributed by atoms with Gasteiger partial charge in [0.25, 0.3) is 0 Å². The molecule has 0 unspecified atom stereocenters. The van der Waals surface area contributed by atoms with Gasteiger partial charge in [-0.25, -0.2) is 0 Å². The highest BCUT2D eigenvalue weighted by Crippen LogP contribution is 2.24. The third kappa shape index (κ3) is 3.94. The molecule has 0 aliphatic rings. The summed E-state index contributed by atoms with van der Waals surface area (Å²) in [6.07, 6.45) is 2.67. The fourth-order valence-electron chi connectivity index (χ4n) is 0.498. The number of aliphatic hydroxyl groups is 1. The molecule has 0 aromatic heterocycles. The summed E-state index contributed by atoms with van der Waals surface area (Å²) in [4.78, 5) is 0. The summed E-state index contributed by atoms with van der Waals surface area (Å²) < 4.78 is 5.30. The SMILES string of the molecule is CC(C)(O)C(C)(C)O[B]C(=N)/C=C\N. The Labute approximate surface area is 85.9 Å². The standard InChI is InChI=1S/C9H18BN2O2/c1-8(2,13)9(3,4)14-10-7(12)5-6-11/h5-6,12-13H,11H2,1-4H3/b6-5-,12-7?. The topological polar surface area (TPSA) is 79.3 Å². The molecule has 0 fully saturated rings. The molecular weight excluding hydrogens is 179 g/mol. The van der Waals surface area contributed by atoms with Crippen molar-refractivity contribution in [3.63, 3.8) is 0 Å². The van der Waals surface area contributed by atoms with Gasteiger partial charge in [0.2, 0.25) is 0 Å². The number of hydrogen-bond acceptors (Lipinski definition) is 4. The molecule has 4 N–H and O–H groups in total. The highest BCUT2D eigenvalue weighted by molar-refractivity contribution is 6.72. The molecule has 0 atom stereocenters. The second kappa shape index (κ2) is 4.62. The van der Waals surface area contributed by atoms with Crippen molar-refractivity contribution in [2.75, 3.05) is 0 Å². The van der Waals surface area contributed by atoms with Gasteiger partial charge in [-0.2, -0.15) is 0 Å². The lowest BCUT2D eigenvalue weighted by Crippen LogP contribution is -2.48. The molecule has 0 saturated heterocycles. The Balaban J connectivity index is 4.19. The third-order valence-corrected chi connectivity index (χ3v) is 2.23. The Kier molecular flexibility index (Phi) is 4.35. The van der Waals surface area contributed by atoms with Crippen molar-refractivity contribution in [1.82, 2.24) is 0 Å². The van der Waals surface area contributed by atoms with Crippen LogP contribution in [-0.2, 0) is 4.65 Å². The van der Waals surface area contributed by atoms with Gasteiger partial charge in [-0.1, -0.05) is 0 Å². The van der Waals surface area contributed by atoms with Gasteiger partial charge in [0.1, 0.15) is 0 Å². The molecule has 0 aromatic carbocycles. The Hall–Kier alpha value is -0.805. The molecule has 0 spiro atoms. The van der Waals surface area contributed by atoms with Crippen LogP contribution in [0.25, 0.3) is 0 Å². The molecule has 4 nitrogen and oxygen atoms in total. The molecule has 0 aromatic rings. The monoisotopic (exact) mass is 197 g/mol. The van der Waals surface area contributed by atoms with Crippen molar-refractivity contribution in [3.05, 3.63) is 12.3 Å². The van der Waals surface area contributed by atoms with Crippen molar-refractivity contribution < 1.29 is 9.76 Å². The van der Waals surface area contributed by atoms with Gasteiger partial charge in [0.15, 0.2) is 0 Å². The van der Waals surface area contributed by atoms with Crippen LogP contribution in [0.1, 0.15) is 27.7 Å². The molecule has 1 radical (unpaired) electrons. The first kappa shape index (κ1) is 13.2. The smallest absolute Gasteiger partial charge is 0.350 e. The van der Waals surface area contributed by atoms with Gasteiger partial charge in [-0.05, 0) is 40.0 Å². The van der Waals surface area contributed by atoms with Gasteiger partial charge in [0.05, 0.1) is 11.2 Å². The fraction of sp³-hybridized carbons (Fsp3) is 0.667. The summed E-state index contributed by atoms with van der Waals surface area (Å²) in [7, 11) is 1.27. The summed E-state index contributed by atoms with van der Waals surface area (Å²) in [5, 5.41) is 17.1. The van der Waals surface area contributed by atoms with Crippen LogP contribution >= 0.6 is 0 Å². The van der Waals surface area contributed by atoms with E-state index in [1.807, 2.05) is 0 Å². The summed E-state index contributed by atoms with van der Waals surface area (Å²) in [6, 6.07) is 0. The van der Waals surface area contributed by atoms with Crippen molar-refractivity contribution in [2.24, 2.45) is 5.73 Å². The second-order valence-electron chi connectivity index (χ2n) is 4.12. The van der Waals surface area contributed by atoms with E-state index in [9.17, 15) is 5.11 Å². The van der Waals surface area contributed by atoms with E-state index in [2.05, 4.69) is 0 Å². The first-order valence-corrected chi connectivity index (χ1v) is 4.41. The summed E-state index contributed by atoms with van der Waals surface area (Å²) in [5.74, 6) is 0. The number of rotatable bonds is 5. The largest absolute Gasteiger partial charge is 0.425 e. The van der Waals surface area contributed by atoms with Gasteiger partial charge in [-0.3, -0.25) is 0 Å². The van der Waals surface area contributed by atoms with E-state index in [1.54, 1.807) is 27.7 Å².